The molecule has 0 amide bonds. The molecule has 0 heterocycles. The van der Waals surface area contributed by atoms with Gasteiger partial charge in [0.05, 0.1) is 7.11 Å². The van der Waals surface area contributed by atoms with Gasteiger partial charge in [0.15, 0.2) is 11.5 Å². The highest BCUT2D eigenvalue weighted by Gasteiger charge is 2.09. The van der Waals surface area contributed by atoms with E-state index in [4.69, 9.17) is 9.47 Å². The number of benzene rings is 1. The van der Waals surface area contributed by atoms with Crippen molar-refractivity contribution in [1.82, 2.24) is 0 Å². The first-order valence-electron chi connectivity index (χ1n) is 4.67. The number of hydrogen-bond donors (Lipinski definition) is 0. The summed E-state index contributed by atoms with van der Waals surface area (Å²) in [6, 6.07) is 7.04. The number of esters is 1. The van der Waals surface area contributed by atoms with Crippen LogP contribution < -0.4 is 9.47 Å². The number of carbonyl (C=O) groups is 1. The number of ether oxygens (including phenoxy) is 2. The highest BCUT2D eigenvalue weighted by atomic mass is 16.6. The second-order valence-electron chi connectivity index (χ2n) is 3.01. The van der Waals surface area contributed by atoms with E-state index < -0.39 is 0 Å². The summed E-state index contributed by atoms with van der Waals surface area (Å²) in [5.74, 6) is 0.628. The van der Waals surface area contributed by atoms with E-state index in [0.717, 1.165) is 0 Å². The summed E-state index contributed by atoms with van der Waals surface area (Å²) in [6.07, 6.45) is 1.71. The lowest BCUT2D eigenvalue weighted by Gasteiger charge is -2.08. The van der Waals surface area contributed by atoms with Crippen LogP contribution >= 0.6 is 0 Å². The molecule has 0 aliphatic carbocycles. The average Bonchev–Trinajstić information content (AvgIpc) is 2.28. The molecule has 1 rings (SSSR count). The first-order chi connectivity index (χ1) is 7.19. The molecule has 0 fully saturated rings. The highest BCUT2D eigenvalue weighted by Crippen LogP contribution is 2.26. The van der Waals surface area contributed by atoms with Gasteiger partial charge in [0.1, 0.15) is 0 Å². The molecule has 0 saturated heterocycles. The van der Waals surface area contributed by atoms with Crippen LogP contribution in [-0.4, -0.2) is 13.1 Å². The number of carbonyl (C=O) groups excluding carboxylic acids is 1. The Bertz CT molecular complexity index is 380. The molecule has 3 nitrogen and oxygen atoms in total. The van der Waals surface area contributed by atoms with E-state index in [1.165, 1.54) is 7.11 Å². The van der Waals surface area contributed by atoms with Gasteiger partial charge in [-0.15, -0.1) is 0 Å². The van der Waals surface area contributed by atoms with Gasteiger partial charge >= 0.3 is 5.97 Å². The molecule has 1 aromatic rings. The van der Waals surface area contributed by atoms with Gasteiger partial charge in [-0.1, -0.05) is 18.2 Å². The van der Waals surface area contributed by atoms with Crippen molar-refractivity contribution in [3.05, 3.63) is 35.9 Å². The van der Waals surface area contributed by atoms with Crippen LogP contribution in [0.1, 0.15) is 13.8 Å². The maximum Gasteiger partial charge on any atom is 0.338 e. The Kier molecular flexibility index (Phi) is 3.92. The minimum atomic E-state index is -0.359. The van der Waals surface area contributed by atoms with E-state index in [1.54, 1.807) is 38.1 Å². The Balaban J connectivity index is 2.85. The van der Waals surface area contributed by atoms with Crippen molar-refractivity contribution < 1.29 is 14.3 Å². The minimum absolute atomic E-state index is 0.359. The van der Waals surface area contributed by atoms with E-state index in [-0.39, 0.29) is 5.97 Å². The zero-order valence-corrected chi connectivity index (χ0v) is 9.11. The minimum Gasteiger partial charge on any atom is -0.493 e. The summed E-state index contributed by atoms with van der Waals surface area (Å²) in [6.45, 7) is 3.50. The van der Waals surface area contributed by atoms with Gasteiger partial charge in [-0.2, -0.15) is 0 Å². The molecule has 0 aliphatic heterocycles. The summed E-state index contributed by atoms with van der Waals surface area (Å²) in [7, 11) is 1.54. The number of para-hydroxylation sites is 2. The molecule has 0 atom stereocenters. The number of hydrogen-bond acceptors (Lipinski definition) is 3. The lowest BCUT2D eigenvalue weighted by Crippen LogP contribution is -2.09. The normalized spacial score (nSPS) is 11.0. The second-order valence-corrected chi connectivity index (χ2v) is 3.01. The average molecular weight is 206 g/mol. The maximum absolute atomic E-state index is 11.5. The Hall–Kier alpha value is -1.77. The van der Waals surface area contributed by atoms with Crippen LogP contribution in [0.15, 0.2) is 35.9 Å². The zero-order chi connectivity index (χ0) is 11.3. The summed E-state index contributed by atoms with van der Waals surface area (Å²) in [4.78, 5) is 11.5. The van der Waals surface area contributed by atoms with E-state index >= 15 is 0 Å². The molecule has 3 heteroatoms. The highest BCUT2D eigenvalue weighted by molar-refractivity contribution is 5.89. The SMILES string of the molecule is C/C=C(\C)C(=O)Oc1ccccc1OC. The van der Waals surface area contributed by atoms with Gasteiger partial charge in [0, 0.05) is 5.57 Å². The van der Waals surface area contributed by atoms with Crippen molar-refractivity contribution in [2.75, 3.05) is 7.11 Å². The molecule has 80 valence electrons. The molecular weight excluding hydrogens is 192 g/mol. The molecule has 0 bridgehead atoms. The van der Waals surface area contributed by atoms with Crippen molar-refractivity contribution >= 4 is 5.97 Å². The molecular formula is C12H14O3. The van der Waals surface area contributed by atoms with Gasteiger partial charge < -0.3 is 9.47 Å². The van der Waals surface area contributed by atoms with Gasteiger partial charge in [-0.25, -0.2) is 4.79 Å². The second kappa shape index (κ2) is 5.20. The van der Waals surface area contributed by atoms with Crippen LogP contribution in [0.3, 0.4) is 0 Å². The number of allylic oxidation sites excluding steroid dienone is 1. The Morgan fingerprint density at radius 1 is 1.27 bits per heavy atom. The molecule has 0 aromatic heterocycles. The largest absolute Gasteiger partial charge is 0.493 e. The first kappa shape index (κ1) is 11.3. The molecule has 0 aliphatic rings. The molecule has 0 unspecified atom stereocenters. The van der Waals surface area contributed by atoms with Gasteiger partial charge in [-0.05, 0) is 26.0 Å². The summed E-state index contributed by atoms with van der Waals surface area (Å²) >= 11 is 0. The van der Waals surface area contributed by atoms with Crippen molar-refractivity contribution in [1.29, 1.82) is 0 Å². The fraction of sp³-hybridized carbons (Fsp3) is 0.250. The molecule has 0 N–H and O–H groups in total. The summed E-state index contributed by atoms with van der Waals surface area (Å²) < 4.78 is 10.2. The lowest BCUT2D eigenvalue weighted by atomic mass is 10.3. The topological polar surface area (TPSA) is 35.5 Å². The molecule has 0 spiro atoms. The lowest BCUT2D eigenvalue weighted by molar-refractivity contribution is -0.130. The maximum atomic E-state index is 11.5. The van der Waals surface area contributed by atoms with Crippen molar-refractivity contribution in [2.45, 2.75) is 13.8 Å². The fourth-order valence-corrected chi connectivity index (χ4v) is 1.00. The Labute approximate surface area is 89.3 Å². The molecule has 1 aromatic carbocycles. The van der Waals surface area contributed by atoms with Gasteiger partial charge in [-0.3, -0.25) is 0 Å². The summed E-state index contributed by atoms with van der Waals surface area (Å²) in [5, 5.41) is 0. The number of rotatable bonds is 3. The molecule has 0 radical (unpaired) electrons. The standard InChI is InChI=1S/C12H14O3/c1-4-9(2)12(13)15-11-8-6-5-7-10(11)14-3/h4-8H,1-3H3/b9-4+. The Morgan fingerprint density at radius 2 is 1.87 bits per heavy atom. The monoisotopic (exact) mass is 206 g/mol. The van der Waals surface area contributed by atoms with Crippen LogP contribution in [-0.2, 0) is 4.79 Å². The fourth-order valence-electron chi connectivity index (χ4n) is 1.00. The third kappa shape index (κ3) is 2.84. The summed E-state index contributed by atoms with van der Waals surface area (Å²) in [5.41, 5.74) is 0.570. The van der Waals surface area contributed by atoms with E-state index in [9.17, 15) is 4.79 Å². The van der Waals surface area contributed by atoms with E-state index in [1.807, 2.05) is 6.07 Å². The van der Waals surface area contributed by atoms with Gasteiger partial charge in [0.25, 0.3) is 0 Å². The van der Waals surface area contributed by atoms with Crippen molar-refractivity contribution in [2.24, 2.45) is 0 Å². The first-order valence-corrected chi connectivity index (χ1v) is 4.67. The van der Waals surface area contributed by atoms with Crippen LogP contribution in [0.4, 0.5) is 0 Å². The van der Waals surface area contributed by atoms with Crippen LogP contribution in [0.2, 0.25) is 0 Å². The van der Waals surface area contributed by atoms with E-state index in [0.29, 0.717) is 17.1 Å². The third-order valence-corrected chi connectivity index (χ3v) is 2.03. The predicted octanol–water partition coefficient (Wildman–Crippen LogP) is 2.57. The van der Waals surface area contributed by atoms with Crippen LogP contribution in [0, 0.1) is 0 Å². The zero-order valence-electron chi connectivity index (χ0n) is 9.11. The van der Waals surface area contributed by atoms with E-state index in [2.05, 4.69) is 0 Å². The van der Waals surface area contributed by atoms with Crippen molar-refractivity contribution in [3.8, 4) is 11.5 Å². The Morgan fingerprint density at radius 3 is 2.40 bits per heavy atom. The molecule has 0 saturated carbocycles. The quantitative estimate of drug-likeness (QED) is 0.433. The number of methoxy groups -OCH3 is 1. The predicted molar refractivity (Wildman–Crippen MR) is 58.1 cm³/mol. The van der Waals surface area contributed by atoms with Crippen LogP contribution in [0.5, 0.6) is 11.5 Å². The molecule has 15 heavy (non-hydrogen) atoms. The van der Waals surface area contributed by atoms with Gasteiger partial charge in [0.2, 0.25) is 0 Å². The third-order valence-electron chi connectivity index (χ3n) is 2.03. The van der Waals surface area contributed by atoms with Crippen molar-refractivity contribution in [3.63, 3.8) is 0 Å². The van der Waals surface area contributed by atoms with Crippen LogP contribution in [0.25, 0.3) is 0 Å². The smallest absolute Gasteiger partial charge is 0.338 e.